The number of anilines is 2. The van der Waals surface area contributed by atoms with Gasteiger partial charge in [0.1, 0.15) is 22.1 Å². The number of nitrogens with one attached hydrogen (secondary N) is 2. The van der Waals surface area contributed by atoms with Gasteiger partial charge in [-0.2, -0.15) is 18.6 Å². The van der Waals surface area contributed by atoms with Crippen molar-refractivity contribution >= 4 is 44.1 Å². The van der Waals surface area contributed by atoms with E-state index in [1.54, 1.807) is 52.5 Å². The second-order valence-electron chi connectivity index (χ2n) is 12.2. The van der Waals surface area contributed by atoms with Crippen LogP contribution in [0.3, 0.4) is 0 Å². The molecule has 0 atom stereocenters. The van der Waals surface area contributed by atoms with Gasteiger partial charge in [0.2, 0.25) is 11.9 Å². The number of fused-ring (bicyclic) bond motifs is 2. The fourth-order valence-corrected chi connectivity index (χ4v) is 6.26. The van der Waals surface area contributed by atoms with Gasteiger partial charge in [0, 0.05) is 66.5 Å². The highest BCUT2D eigenvalue weighted by Gasteiger charge is 2.22. The minimum absolute atomic E-state index is 0.0666. The maximum Gasteiger partial charge on any atom is 0.294 e. The minimum Gasteiger partial charge on any atom is -0.340 e. The van der Waals surface area contributed by atoms with Crippen molar-refractivity contribution in [3.63, 3.8) is 0 Å². The van der Waals surface area contributed by atoms with E-state index in [1.165, 1.54) is 21.5 Å². The van der Waals surface area contributed by atoms with Crippen molar-refractivity contribution in [1.29, 1.82) is 0 Å². The SMILES string of the molecule is CC#CCn1c(N2CCNCC2)nc2cnn(C)c(=O)c21.CC#CCn1c(N2CCNCC2)nc2cnn(C)c(=O)c21.Cc1ccc(S(=O)(=O)O)cc1. The number of aromatic nitrogens is 8. The third-order valence-electron chi connectivity index (χ3n) is 8.59. The Morgan fingerprint density at radius 3 is 1.47 bits per heavy atom. The summed E-state index contributed by atoms with van der Waals surface area (Å²) in [6.07, 6.45) is 3.27. The van der Waals surface area contributed by atoms with E-state index in [0.717, 1.165) is 69.8 Å². The van der Waals surface area contributed by atoms with Gasteiger partial charge in [0.15, 0.2) is 0 Å². The van der Waals surface area contributed by atoms with Gasteiger partial charge in [-0.05, 0) is 32.9 Å². The number of rotatable bonds is 5. The number of hydrogen-bond acceptors (Lipinski definition) is 12. The normalized spacial score (nSPS) is 14.3. The van der Waals surface area contributed by atoms with Gasteiger partial charge in [0.25, 0.3) is 21.2 Å². The fourth-order valence-electron chi connectivity index (χ4n) is 5.78. The van der Waals surface area contributed by atoms with Gasteiger partial charge in [-0.25, -0.2) is 19.3 Å². The van der Waals surface area contributed by atoms with Crippen LogP contribution in [-0.2, 0) is 37.3 Å². The summed E-state index contributed by atoms with van der Waals surface area (Å²) < 4.78 is 36.0. The van der Waals surface area contributed by atoms with E-state index in [1.807, 2.05) is 16.1 Å². The van der Waals surface area contributed by atoms with Crippen LogP contribution < -0.4 is 31.6 Å². The predicted octanol–water partition coefficient (Wildman–Crippen LogP) is 0.368. The molecule has 0 bridgehead atoms. The zero-order valence-corrected chi connectivity index (χ0v) is 31.3. The number of aryl methyl sites for hydroxylation is 3. The largest absolute Gasteiger partial charge is 0.340 e. The van der Waals surface area contributed by atoms with Crippen molar-refractivity contribution in [1.82, 2.24) is 49.3 Å². The lowest BCUT2D eigenvalue weighted by molar-refractivity contribution is 0.483. The molecule has 2 aliphatic rings. The molecule has 6 heterocycles. The molecule has 4 aromatic heterocycles. The second kappa shape index (κ2) is 17.3. The van der Waals surface area contributed by atoms with Gasteiger partial charge in [-0.3, -0.25) is 23.3 Å². The Hall–Kier alpha value is -5.53. The zero-order valence-electron chi connectivity index (χ0n) is 30.5. The Labute approximate surface area is 307 Å². The van der Waals surface area contributed by atoms with Crippen LogP contribution in [0.4, 0.5) is 11.9 Å². The molecular weight excluding hydrogens is 701 g/mol. The Kier molecular flexibility index (Phi) is 12.6. The summed E-state index contributed by atoms with van der Waals surface area (Å²) in [7, 11) is -0.724. The highest BCUT2D eigenvalue weighted by molar-refractivity contribution is 7.85. The molecule has 0 amide bonds. The lowest BCUT2D eigenvalue weighted by Crippen LogP contribution is -2.44. The minimum atomic E-state index is -4.02. The van der Waals surface area contributed by atoms with Crippen LogP contribution in [0, 0.1) is 30.6 Å². The molecule has 3 N–H and O–H groups in total. The van der Waals surface area contributed by atoms with Gasteiger partial charge in [0.05, 0.1) is 30.4 Å². The summed E-state index contributed by atoms with van der Waals surface area (Å²) in [4.78, 5) is 38.3. The van der Waals surface area contributed by atoms with Gasteiger partial charge >= 0.3 is 0 Å². The van der Waals surface area contributed by atoms with Crippen molar-refractivity contribution in [3.8, 4) is 23.7 Å². The molecule has 0 spiro atoms. The molecule has 18 heteroatoms. The van der Waals surface area contributed by atoms with Crippen LogP contribution >= 0.6 is 0 Å². The van der Waals surface area contributed by atoms with E-state index in [2.05, 4.69) is 64.3 Å². The molecule has 2 fully saturated rings. The van der Waals surface area contributed by atoms with Crippen LogP contribution in [0.1, 0.15) is 19.4 Å². The molecule has 0 saturated carbocycles. The van der Waals surface area contributed by atoms with Crippen LogP contribution in [0.25, 0.3) is 22.1 Å². The summed E-state index contributed by atoms with van der Waals surface area (Å²) in [5, 5.41) is 14.7. The standard InChI is InChI=1S/2C14H18N6O.C7H8O3S/c2*1-3-4-7-20-12-11(10-16-18(2)13(12)21)17-14(20)19-8-5-15-6-9-19;1-6-2-4-7(5-3-6)11(8,9)10/h2*10,15H,5-9H2,1-2H3;2-5H,1H3,(H,8,9,10). The second-order valence-corrected chi connectivity index (χ2v) is 13.6. The molecule has 5 aromatic rings. The summed E-state index contributed by atoms with van der Waals surface area (Å²) >= 11 is 0. The van der Waals surface area contributed by atoms with E-state index in [-0.39, 0.29) is 16.0 Å². The first-order valence-corrected chi connectivity index (χ1v) is 18.5. The lowest BCUT2D eigenvalue weighted by Gasteiger charge is -2.28. The lowest BCUT2D eigenvalue weighted by atomic mass is 10.2. The van der Waals surface area contributed by atoms with Gasteiger partial charge < -0.3 is 20.4 Å². The highest BCUT2D eigenvalue weighted by Crippen LogP contribution is 2.21. The molecule has 17 nitrogen and oxygen atoms in total. The number of nitrogens with zero attached hydrogens (tertiary/aromatic N) is 10. The predicted molar refractivity (Wildman–Crippen MR) is 204 cm³/mol. The highest BCUT2D eigenvalue weighted by atomic mass is 32.2. The van der Waals surface area contributed by atoms with Gasteiger partial charge in [-0.15, -0.1) is 11.8 Å². The molecule has 2 aliphatic heterocycles. The first-order chi connectivity index (χ1) is 25.4. The van der Waals surface area contributed by atoms with Crippen LogP contribution in [-0.4, -0.2) is 104 Å². The Morgan fingerprint density at radius 2 is 1.11 bits per heavy atom. The van der Waals surface area contributed by atoms with E-state index >= 15 is 0 Å². The first kappa shape index (κ1) is 38.7. The van der Waals surface area contributed by atoms with E-state index in [4.69, 9.17) is 4.55 Å². The number of hydrogen-bond donors (Lipinski definition) is 3. The molecule has 0 radical (unpaired) electrons. The molecule has 280 valence electrons. The Bertz CT molecular complexity index is 2280. The monoisotopic (exact) mass is 744 g/mol. The average molecular weight is 745 g/mol. The zero-order chi connectivity index (χ0) is 38.1. The molecule has 1 aromatic carbocycles. The van der Waals surface area contributed by atoms with E-state index in [0.29, 0.717) is 35.2 Å². The average Bonchev–Trinajstić information content (AvgIpc) is 3.73. The smallest absolute Gasteiger partial charge is 0.294 e. The Balaban J connectivity index is 0.000000161. The van der Waals surface area contributed by atoms with Gasteiger partial charge in [-0.1, -0.05) is 29.5 Å². The number of piperazine rings is 2. The Morgan fingerprint density at radius 1 is 0.717 bits per heavy atom. The van der Waals surface area contributed by atoms with Crippen molar-refractivity contribution in [3.05, 3.63) is 62.9 Å². The summed E-state index contributed by atoms with van der Waals surface area (Å²) in [6.45, 7) is 13.5. The number of imidazole rings is 2. The van der Waals surface area contributed by atoms with Crippen LogP contribution in [0.15, 0.2) is 51.1 Å². The summed E-state index contributed by atoms with van der Waals surface area (Å²) in [5.41, 5.74) is 3.08. The summed E-state index contributed by atoms with van der Waals surface area (Å²) in [5.74, 6) is 13.4. The molecule has 0 unspecified atom stereocenters. The van der Waals surface area contributed by atoms with Crippen molar-refractivity contribution in [2.45, 2.75) is 38.8 Å². The third-order valence-corrected chi connectivity index (χ3v) is 9.46. The topological polar surface area (TPSA) is 190 Å². The van der Waals surface area contributed by atoms with Crippen molar-refractivity contribution < 1.29 is 13.0 Å². The van der Waals surface area contributed by atoms with Crippen molar-refractivity contribution in [2.24, 2.45) is 14.1 Å². The first-order valence-electron chi connectivity index (χ1n) is 17.0. The third kappa shape index (κ3) is 9.10. The van der Waals surface area contributed by atoms with E-state index in [9.17, 15) is 18.0 Å². The molecular formula is C35H44N12O5S. The maximum atomic E-state index is 12.4. The van der Waals surface area contributed by atoms with Crippen molar-refractivity contribution in [2.75, 3.05) is 62.2 Å². The number of benzene rings is 1. The molecule has 53 heavy (non-hydrogen) atoms. The van der Waals surface area contributed by atoms with Crippen LogP contribution in [0.2, 0.25) is 0 Å². The quantitative estimate of drug-likeness (QED) is 0.166. The fraction of sp³-hybridized carbons (Fsp3) is 0.429. The summed E-state index contributed by atoms with van der Waals surface area (Å²) in [6, 6.07) is 5.99. The molecule has 7 rings (SSSR count). The maximum absolute atomic E-state index is 12.4. The van der Waals surface area contributed by atoms with E-state index < -0.39 is 10.1 Å². The van der Waals surface area contributed by atoms with Crippen LogP contribution in [0.5, 0.6) is 0 Å². The molecule has 2 saturated heterocycles. The molecule has 0 aliphatic carbocycles.